The fourth-order valence-corrected chi connectivity index (χ4v) is 1.97. The zero-order valence-corrected chi connectivity index (χ0v) is 12.1. The smallest absolute Gasteiger partial charge is 0.339 e. The molecule has 0 amide bonds. The van der Waals surface area contributed by atoms with Gasteiger partial charge in [0.25, 0.3) is 5.88 Å². The van der Waals surface area contributed by atoms with Gasteiger partial charge in [0.05, 0.1) is 0 Å². The van der Waals surface area contributed by atoms with Crippen molar-refractivity contribution in [1.82, 2.24) is 9.55 Å². The molecule has 0 bridgehead atoms. The summed E-state index contributed by atoms with van der Waals surface area (Å²) in [6, 6.07) is 4.50. The molecule has 1 N–H and O–H groups in total. The van der Waals surface area contributed by atoms with Crippen LogP contribution in [-0.2, 0) is 6.54 Å². The molecule has 1 aromatic heterocycles. The lowest BCUT2D eigenvalue weighted by molar-refractivity contribution is 0.0694. The minimum Gasteiger partial charge on any atom is -0.478 e. The van der Waals surface area contributed by atoms with E-state index < -0.39 is 11.5 Å². The van der Waals surface area contributed by atoms with Crippen LogP contribution in [0.25, 0.3) is 0 Å². The Labute approximate surface area is 122 Å². The molecule has 0 aliphatic rings. The number of benzene rings is 1. The molecule has 0 spiro atoms. The van der Waals surface area contributed by atoms with Crippen LogP contribution in [0.15, 0.2) is 39.9 Å². The van der Waals surface area contributed by atoms with Gasteiger partial charge in [0.2, 0.25) is 0 Å². The second kappa shape index (κ2) is 5.87. The van der Waals surface area contributed by atoms with E-state index in [-0.39, 0.29) is 17.2 Å². The van der Waals surface area contributed by atoms with Crippen molar-refractivity contribution in [2.75, 3.05) is 0 Å². The molecule has 0 fully saturated rings. The second-order valence-electron chi connectivity index (χ2n) is 3.87. The lowest BCUT2D eigenvalue weighted by atomic mass is 10.2. The highest BCUT2D eigenvalue weighted by Gasteiger charge is 2.15. The fraction of sp³-hybridized carbons (Fsp3) is 0.154. The zero-order valence-electron chi connectivity index (χ0n) is 10.5. The van der Waals surface area contributed by atoms with E-state index in [0.29, 0.717) is 11.0 Å². The van der Waals surface area contributed by atoms with Gasteiger partial charge in [0, 0.05) is 23.4 Å². The normalized spacial score (nSPS) is 10.3. The molecule has 2 aromatic rings. The number of nitrogens with zero attached hydrogens (tertiary/aromatic N) is 2. The van der Waals surface area contributed by atoms with Gasteiger partial charge in [-0.25, -0.2) is 9.78 Å². The van der Waals surface area contributed by atoms with Gasteiger partial charge in [-0.15, -0.1) is 0 Å². The van der Waals surface area contributed by atoms with Crippen LogP contribution in [0.2, 0.25) is 0 Å². The van der Waals surface area contributed by atoms with Crippen LogP contribution in [0.3, 0.4) is 0 Å². The van der Waals surface area contributed by atoms with Crippen molar-refractivity contribution in [2.45, 2.75) is 13.5 Å². The van der Waals surface area contributed by atoms with E-state index in [1.807, 2.05) is 6.92 Å². The molecule has 0 saturated heterocycles. The number of aromatic carboxylic acids is 1. The Balaban J connectivity index is 2.45. The van der Waals surface area contributed by atoms with Crippen molar-refractivity contribution in [3.63, 3.8) is 0 Å². The van der Waals surface area contributed by atoms with E-state index in [4.69, 9.17) is 9.84 Å². The molecule has 0 aliphatic heterocycles. The van der Waals surface area contributed by atoms with Crippen molar-refractivity contribution >= 4 is 21.9 Å². The molecule has 0 unspecified atom stereocenters. The van der Waals surface area contributed by atoms with Crippen molar-refractivity contribution in [1.29, 1.82) is 0 Å². The first-order valence-electron chi connectivity index (χ1n) is 5.79. The van der Waals surface area contributed by atoms with Gasteiger partial charge in [0.15, 0.2) is 0 Å². The Hall–Kier alpha value is -2.15. The number of hydrogen-bond donors (Lipinski definition) is 1. The minimum absolute atomic E-state index is 0.0486. The quantitative estimate of drug-likeness (QED) is 0.926. The summed E-state index contributed by atoms with van der Waals surface area (Å²) in [7, 11) is 0. The summed E-state index contributed by atoms with van der Waals surface area (Å²) in [5.74, 6) is -1.23. The summed E-state index contributed by atoms with van der Waals surface area (Å²) < 4.78 is 7.38. The van der Waals surface area contributed by atoms with E-state index >= 15 is 0 Å². The standard InChI is InChI=1S/C13H11BrN2O4/c1-2-16-6-5-15-11(12(16)17)20-10-4-3-8(14)7-9(10)13(18)19/h3-7H,2H2,1H3,(H,18,19). The molecule has 1 heterocycles. The predicted octanol–water partition coefficient (Wildman–Crippen LogP) is 2.52. The van der Waals surface area contributed by atoms with Gasteiger partial charge < -0.3 is 14.4 Å². The van der Waals surface area contributed by atoms with Gasteiger partial charge in [-0.05, 0) is 25.1 Å². The number of hydrogen-bond acceptors (Lipinski definition) is 4. The van der Waals surface area contributed by atoms with Crippen LogP contribution < -0.4 is 10.3 Å². The fourth-order valence-electron chi connectivity index (χ4n) is 1.61. The van der Waals surface area contributed by atoms with Gasteiger partial charge in [0.1, 0.15) is 11.3 Å². The first-order chi connectivity index (χ1) is 9.52. The monoisotopic (exact) mass is 338 g/mol. The minimum atomic E-state index is -1.15. The molecule has 0 aliphatic carbocycles. The molecule has 0 saturated carbocycles. The summed E-state index contributed by atoms with van der Waals surface area (Å²) in [5.41, 5.74) is -0.457. The average Bonchev–Trinajstić information content (AvgIpc) is 2.42. The Kier molecular flexibility index (Phi) is 4.19. The molecule has 0 radical (unpaired) electrons. The zero-order chi connectivity index (χ0) is 14.7. The Morgan fingerprint density at radius 2 is 2.25 bits per heavy atom. The molecule has 6 nitrogen and oxygen atoms in total. The summed E-state index contributed by atoms with van der Waals surface area (Å²) in [6.07, 6.45) is 2.97. The van der Waals surface area contributed by atoms with Crippen LogP contribution in [-0.4, -0.2) is 20.6 Å². The third kappa shape index (κ3) is 2.88. The number of carbonyl (C=O) groups is 1. The first-order valence-corrected chi connectivity index (χ1v) is 6.58. The molecular formula is C13H11BrN2O4. The largest absolute Gasteiger partial charge is 0.478 e. The highest BCUT2D eigenvalue weighted by Crippen LogP contribution is 2.25. The van der Waals surface area contributed by atoms with Crippen molar-refractivity contribution in [3.8, 4) is 11.6 Å². The van der Waals surface area contributed by atoms with Crippen LogP contribution in [0, 0.1) is 0 Å². The van der Waals surface area contributed by atoms with Crippen molar-refractivity contribution in [3.05, 3.63) is 51.0 Å². The van der Waals surface area contributed by atoms with Gasteiger partial charge in [-0.2, -0.15) is 0 Å². The highest BCUT2D eigenvalue weighted by atomic mass is 79.9. The summed E-state index contributed by atoms with van der Waals surface area (Å²) in [4.78, 5) is 27.0. The summed E-state index contributed by atoms with van der Waals surface area (Å²) in [6.45, 7) is 2.29. The third-order valence-corrected chi connectivity index (χ3v) is 3.09. The Morgan fingerprint density at radius 3 is 2.90 bits per heavy atom. The number of carboxylic acid groups (broad SMARTS) is 1. The molecule has 1 aromatic carbocycles. The van der Waals surface area contributed by atoms with Crippen LogP contribution in [0.1, 0.15) is 17.3 Å². The highest BCUT2D eigenvalue weighted by molar-refractivity contribution is 9.10. The lowest BCUT2D eigenvalue weighted by Gasteiger charge is -2.09. The number of carboxylic acids is 1. The lowest BCUT2D eigenvalue weighted by Crippen LogP contribution is -2.20. The third-order valence-electron chi connectivity index (χ3n) is 2.60. The maximum Gasteiger partial charge on any atom is 0.339 e. The van der Waals surface area contributed by atoms with Crippen LogP contribution in [0.4, 0.5) is 0 Å². The van der Waals surface area contributed by atoms with E-state index in [2.05, 4.69) is 20.9 Å². The second-order valence-corrected chi connectivity index (χ2v) is 4.79. The first kappa shape index (κ1) is 14.3. The van der Waals surface area contributed by atoms with E-state index in [1.165, 1.54) is 29.1 Å². The average molecular weight is 339 g/mol. The molecule has 0 atom stereocenters. The van der Waals surface area contributed by atoms with Crippen molar-refractivity contribution < 1.29 is 14.6 Å². The van der Waals surface area contributed by atoms with E-state index in [1.54, 1.807) is 6.07 Å². The van der Waals surface area contributed by atoms with E-state index in [0.717, 1.165) is 0 Å². The van der Waals surface area contributed by atoms with Crippen molar-refractivity contribution in [2.24, 2.45) is 0 Å². The van der Waals surface area contributed by atoms with E-state index in [9.17, 15) is 9.59 Å². The molecule has 2 rings (SSSR count). The SMILES string of the molecule is CCn1ccnc(Oc2ccc(Br)cc2C(=O)O)c1=O. The van der Waals surface area contributed by atoms with Gasteiger partial charge in [-0.3, -0.25) is 4.79 Å². The van der Waals surface area contributed by atoms with Gasteiger partial charge >= 0.3 is 11.5 Å². The van der Waals surface area contributed by atoms with Gasteiger partial charge in [-0.1, -0.05) is 15.9 Å². The van der Waals surface area contributed by atoms with Crippen LogP contribution >= 0.6 is 15.9 Å². The Bertz CT molecular complexity index is 712. The molecule has 20 heavy (non-hydrogen) atoms. The Morgan fingerprint density at radius 1 is 1.50 bits per heavy atom. The predicted molar refractivity (Wildman–Crippen MR) is 75.3 cm³/mol. The molecule has 7 heteroatoms. The molecule has 104 valence electrons. The number of ether oxygens (including phenoxy) is 1. The number of halogens is 1. The maximum absolute atomic E-state index is 12.0. The summed E-state index contributed by atoms with van der Waals surface area (Å²) in [5, 5.41) is 9.13. The number of aromatic nitrogens is 2. The van der Waals surface area contributed by atoms with Crippen LogP contribution in [0.5, 0.6) is 11.6 Å². The number of rotatable bonds is 4. The summed E-state index contributed by atoms with van der Waals surface area (Å²) >= 11 is 3.19. The number of aryl methyl sites for hydroxylation is 1. The molecular weight excluding hydrogens is 328 g/mol. The topological polar surface area (TPSA) is 81.4 Å². The maximum atomic E-state index is 12.0.